The number of imide groups is 1. The summed E-state index contributed by atoms with van der Waals surface area (Å²) in [5, 5.41) is 10.9. The van der Waals surface area contributed by atoms with E-state index in [0.717, 1.165) is 27.6 Å². The monoisotopic (exact) mass is 339 g/mol. The summed E-state index contributed by atoms with van der Waals surface area (Å²) in [4.78, 5) is 23.5. The maximum Gasteiger partial charge on any atom is 0.234 e. The third kappa shape index (κ3) is 2.47. The third-order valence-electron chi connectivity index (χ3n) is 4.39. The number of nitrogens with zero attached hydrogens (tertiary/aromatic N) is 1. The molecular formula is C18H14ClN3O2. The number of aromatic nitrogens is 2. The first-order valence-electron chi connectivity index (χ1n) is 7.69. The zero-order valence-electron chi connectivity index (χ0n) is 12.7. The van der Waals surface area contributed by atoms with Crippen LogP contribution in [0.5, 0.6) is 0 Å². The first-order valence-corrected chi connectivity index (χ1v) is 8.07. The van der Waals surface area contributed by atoms with E-state index in [0.29, 0.717) is 17.9 Å². The Morgan fingerprint density at radius 3 is 2.88 bits per heavy atom. The molecule has 2 amide bonds. The molecule has 120 valence electrons. The molecule has 24 heavy (non-hydrogen) atoms. The Hall–Kier alpha value is -2.66. The van der Waals surface area contributed by atoms with Gasteiger partial charge >= 0.3 is 0 Å². The van der Waals surface area contributed by atoms with Crippen LogP contribution in [-0.4, -0.2) is 22.0 Å². The van der Waals surface area contributed by atoms with Crippen molar-refractivity contribution in [3.63, 3.8) is 0 Å². The number of halogens is 1. The van der Waals surface area contributed by atoms with Gasteiger partial charge in [-0.1, -0.05) is 35.9 Å². The van der Waals surface area contributed by atoms with Crippen molar-refractivity contribution in [1.29, 1.82) is 0 Å². The quantitative estimate of drug-likeness (QED) is 0.703. The van der Waals surface area contributed by atoms with Crippen molar-refractivity contribution in [2.75, 3.05) is 0 Å². The summed E-state index contributed by atoms with van der Waals surface area (Å²) in [5.41, 5.74) is 3.53. The average Bonchev–Trinajstić information content (AvgIpc) is 3.03. The van der Waals surface area contributed by atoms with Crippen LogP contribution < -0.4 is 5.32 Å². The summed E-state index contributed by atoms with van der Waals surface area (Å²) >= 11 is 6.62. The van der Waals surface area contributed by atoms with Crippen LogP contribution >= 0.6 is 11.6 Å². The molecule has 2 aromatic carbocycles. The van der Waals surface area contributed by atoms with Crippen LogP contribution in [0.3, 0.4) is 0 Å². The molecule has 4 rings (SSSR count). The predicted molar refractivity (Wildman–Crippen MR) is 91.7 cm³/mol. The van der Waals surface area contributed by atoms with Crippen molar-refractivity contribution in [2.24, 2.45) is 0 Å². The molecule has 1 fully saturated rings. The molecule has 1 aliphatic rings. The van der Waals surface area contributed by atoms with E-state index in [1.807, 2.05) is 36.4 Å². The molecule has 5 nitrogen and oxygen atoms in total. The largest absolute Gasteiger partial charge is 0.296 e. The fourth-order valence-corrected chi connectivity index (χ4v) is 3.51. The minimum Gasteiger partial charge on any atom is -0.296 e. The maximum atomic E-state index is 12.1. The number of piperidine rings is 1. The van der Waals surface area contributed by atoms with Gasteiger partial charge in [0.15, 0.2) is 0 Å². The molecule has 2 N–H and O–H groups in total. The van der Waals surface area contributed by atoms with Crippen LogP contribution in [0.2, 0.25) is 5.02 Å². The molecular weight excluding hydrogens is 326 g/mol. The van der Waals surface area contributed by atoms with E-state index in [9.17, 15) is 9.59 Å². The zero-order chi connectivity index (χ0) is 16.7. The number of carbonyl (C=O) groups excluding carboxylic acids is 2. The molecule has 3 aromatic rings. The molecule has 1 saturated heterocycles. The van der Waals surface area contributed by atoms with Crippen molar-refractivity contribution in [3.8, 4) is 11.1 Å². The first-order chi connectivity index (χ1) is 11.6. The molecule has 6 heteroatoms. The molecule has 1 aliphatic heterocycles. The number of carbonyl (C=O) groups is 2. The van der Waals surface area contributed by atoms with Gasteiger partial charge in [-0.25, -0.2) is 0 Å². The minimum absolute atomic E-state index is 0.228. The lowest BCUT2D eigenvalue weighted by molar-refractivity contribution is -0.134. The van der Waals surface area contributed by atoms with E-state index in [1.165, 1.54) is 0 Å². The molecule has 0 aliphatic carbocycles. The highest BCUT2D eigenvalue weighted by molar-refractivity contribution is 6.34. The average molecular weight is 340 g/mol. The van der Waals surface area contributed by atoms with Crippen molar-refractivity contribution in [2.45, 2.75) is 18.8 Å². The Balaban J connectivity index is 1.77. The van der Waals surface area contributed by atoms with E-state index >= 15 is 0 Å². The summed E-state index contributed by atoms with van der Waals surface area (Å²) in [6.45, 7) is 0. The van der Waals surface area contributed by atoms with Crippen LogP contribution in [0.1, 0.15) is 24.3 Å². The Bertz CT molecular complexity index is 964. The van der Waals surface area contributed by atoms with Gasteiger partial charge < -0.3 is 0 Å². The highest BCUT2D eigenvalue weighted by atomic mass is 35.5. The van der Waals surface area contributed by atoms with E-state index < -0.39 is 5.92 Å². The fourth-order valence-electron chi connectivity index (χ4n) is 3.14. The number of aromatic amines is 1. The molecule has 0 saturated carbocycles. The topological polar surface area (TPSA) is 74.8 Å². The molecule has 0 bridgehead atoms. The van der Waals surface area contributed by atoms with Crippen LogP contribution in [0.15, 0.2) is 42.6 Å². The van der Waals surface area contributed by atoms with Gasteiger partial charge in [-0.2, -0.15) is 5.10 Å². The van der Waals surface area contributed by atoms with E-state index in [4.69, 9.17) is 11.6 Å². The lowest BCUT2D eigenvalue weighted by atomic mass is 9.88. The van der Waals surface area contributed by atoms with Crippen molar-refractivity contribution < 1.29 is 9.59 Å². The number of amides is 2. The molecule has 1 aromatic heterocycles. The zero-order valence-corrected chi connectivity index (χ0v) is 13.4. The van der Waals surface area contributed by atoms with E-state index in [1.54, 1.807) is 6.20 Å². The van der Waals surface area contributed by atoms with Gasteiger partial charge in [-0.15, -0.1) is 0 Å². The maximum absolute atomic E-state index is 12.1. The number of fused-ring (bicyclic) bond motifs is 1. The second-order valence-electron chi connectivity index (χ2n) is 5.88. The fraction of sp³-hybridized carbons (Fsp3) is 0.167. The Labute approximate surface area is 143 Å². The molecule has 0 radical (unpaired) electrons. The number of rotatable bonds is 2. The van der Waals surface area contributed by atoms with Gasteiger partial charge in [0.2, 0.25) is 11.8 Å². The van der Waals surface area contributed by atoms with Crippen molar-refractivity contribution in [3.05, 3.63) is 53.2 Å². The normalized spacial score (nSPS) is 18.0. The van der Waals surface area contributed by atoms with Crippen molar-refractivity contribution in [1.82, 2.24) is 15.5 Å². The highest BCUT2D eigenvalue weighted by Crippen LogP contribution is 2.37. The number of nitrogens with one attached hydrogen (secondary N) is 2. The third-order valence-corrected chi connectivity index (χ3v) is 4.82. The molecule has 0 spiro atoms. The first kappa shape index (κ1) is 14.9. The summed E-state index contributed by atoms with van der Waals surface area (Å²) < 4.78 is 0. The molecule has 1 atom stereocenters. The van der Waals surface area contributed by atoms with Gasteiger partial charge in [0, 0.05) is 17.4 Å². The van der Waals surface area contributed by atoms with Crippen molar-refractivity contribution >= 4 is 34.3 Å². The van der Waals surface area contributed by atoms with Gasteiger partial charge in [0.25, 0.3) is 0 Å². The van der Waals surface area contributed by atoms with Gasteiger partial charge in [-0.05, 0) is 29.7 Å². The van der Waals surface area contributed by atoms with Crippen LogP contribution in [0.25, 0.3) is 22.0 Å². The Morgan fingerprint density at radius 2 is 2.04 bits per heavy atom. The summed E-state index contributed by atoms with van der Waals surface area (Å²) in [6, 6.07) is 11.6. The van der Waals surface area contributed by atoms with E-state index in [2.05, 4.69) is 15.5 Å². The number of hydrogen-bond donors (Lipinski definition) is 2. The summed E-state index contributed by atoms with van der Waals surface area (Å²) in [6.07, 6.45) is 2.57. The lowest BCUT2D eigenvalue weighted by Crippen LogP contribution is -2.39. The number of H-pyrrole nitrogens is 1. The lowest BCUT2D eigenvalue weighted by Gasteiger charge is -2.23. The number of hydrogen-bond acceptors (Lipinski definition) is 3. The standard InChI is InChI=1S/C18H14ClN3O2/c19-17-12(10-4-6-15-11(8-10)9-20-22-15)2-1-3-13(17)14-5-7-16(23)21-18(14)24/h1-4,6,8-9,14H,5,7H2,(H,20,22)(H,21,23,24). The minimum atomic E-state index is -0.396. The summed E-state index contributed by atoms with van der Waals surface area (Å²) in [5.74, 6) is -0.905. The SMILES string of the molecule is O=C1CCC(c2cccc(-c3ccc4[nH]ncc4c3)c2Cl)C(=O)N1. The molecule has 2 heterocycles. The predicted octanol–water partition coefficient (Wildman–Crippen LogP) is 3.40. The van der Waals surface area contributed by atoms with Gasteiger partial charge in [-0.3, -0.25) is 20.0 Å². The second-order valence-corrected chi connectivity index (χ2v) is 6.26. The number of benzene rings is 2. The molecule has 1 unspecified atom stereocenters. The Kier molecular flexibility index (Phi) is 3.58. The highest BCUT2D eigenvalue weighted by Gasteiger charge is 2.30. The van der Waals surface area contributed by atoms with Gasteiger partial charge in [0.05, 0.1) is 22.7 Å². The van der Waals surface area contributed by atoms with Crippen LogP contribution in [0.4, 0.5) is 0 Å². The smallest absolute Gasteiger partial charge is 0.234 e. The van der Waals surface area contributed by atoms with E-state index in [-0.39, 0.29) is 11.8 Å². The van der Waals surface area contributed by atoms with Gasteiger partial charge in [0.1, 0.15) is 0 Å². The van der Waals surface area contributed by atoms with Crippen LogP contribution in [-0.2, 0) is 9.59 Å². The van der Waals surface area contributed by atoms with Crippen LogP contribution in [0, 0.1) is 0 Å². The second kappa shape index (κ2) is 5.76. The Morgan fingerprint density at radius 1 is 1.17 bits per heavy atom. The summed E-state index contributed by atoms with van der Waals surface area (Å²) in [7, 11) is 0.